The third-order valence-corrected chi connectivity index (χ3v) is 3.65. The number of rotatable bonds is 3. The molecule has 1 aliphatic carbocycles. The van der Waals surface area contributed by atoms with Crippen LogP contribution in [0.4, 0.5) is 0 Å². The van der Waals surface area contributed by atoms with Crippen molar-refractivity contribution in [2.45, 2.75) is 63.9 Å². The SMILES string of the molecule is CC(C)NC(=O)C(=O)NC[C@@H]1COC2(CCCCC2)O1. The molecular weight excluding hydrogens is 260 g/mol. The Kier molecular flexibility index (Phi) is 4.99. The Hall–Kier alpha value is -1.14. The third kappa shape index (κ3) is 3.93. The van der Waals surface area contributed by atoms with Gasteiger partial charge in [0.05, 0.1) is 6.61 Å². The van der Waals surface area contributed by atoms with E-state index in [2.05, 4.69) is 10.6 Å². The van der Waals surface area contributed by atoms with Crippen LogP contribution in [0.2, 0.25) is 0 Å². The molecule has 6 nitrogen and oxygen atoms in total. The van der Waals surface area contributed by atoms with Crippen LogP contribution in [-0.2, 0) is 19.1 Å². The molecule has 1 aliphatic heterocycles. The average molecular weight is 284 g/mol. The molecule has 1 heterocycles. The van der Waals surface area contributed by atoms with E-state index in [0.717, 1.165) is 25.7 Å². The Balaban J connectivity index is 1.72. The monoisotopic (exact) mass is 284 g/mol. The van der Waals surface area contributed by atoms with E-state index in [9.17, 15) is 9.59 Å². The molecule has 2 amide bonds. The molecular formula is C14H24N2O4. The van der Waals surface area contributed by atoms with Gasteiger partial charge in [0.15, 0.2) is 5.79 Å². The molecule has 2 fully saturated rings. The van der Waals surface area contributed by atoms with Crippen molar-refractivity contribution in [1.29, 1.82) is 0 Å². The zero-order valence-corrected chi connectivity index (χ0v) is 12.2. The van der Waals surface area contributed by atoms with Crippen LogP contribution in [0.5, 0.6) is 0 Å². The summed E-state index contributed by atoms with van der Waals surface area (Å²) in [6.45, 7) is 4.41. The van der Waals surface area contributed by atoms with Gasteiger partial charge in [-0.2, -0.15) is 0 Å². The van der Waals surface area contributed by atoms with E-state index in [4.69, 9.17) is 9.47 Å². The highest BCUT2D eigenvalue weighted by Crippen LogP contribution is 2.37. The Morgan fingerprint density at radius 3 is 2.55 bits per heavy atom. The zero-order valence-electron chi connectivity index (χ0n) is 12.2. The fourth-order valence-corrected chi connectivity index (χ4v) is 2.68. The van der Waals surface area contributed by atoms with Gasteiger partial charge in [-0.3, -0.25) is 9.59 Å². The minimum absolute atomic E-state index is 0.0511. The van der Waals surface area contributed by atoms with E-state index < -0.39 is 17.6 Å². The van der Waals surface area contributed by atoms with Crippen molar-refractivity contribution >= 4 is 11.8 Å². The number of nitrogens with one attached hydrogen (secondary N) is 2. The summed E-state index contributed by atoms with van der Waals surface area (Å²) in [5.74, 6) is -1.66. The molecule has 1 saturated carbocycles. The first-order chi connectivity index (χ1) is 9.51. The topological polar surface area (TPSA) is 76.7 Å². The molecule has 0 radical (unpaired) electrons. The van der Waals surface area contributed by atoms with Gasteiger partial charge in [0.1, 0.15) is 6.10 Å². The number of carbonyl (C=O) groups excluding carboxylic acids is 2. The maximum Gasteiger partial charge on any atom is 0.309 e. The lowest BCUT2D eigenvalue weighted by Gasteiger charge is -2.31. The quantitative estimate of drug-likeness (QED) is 0.748. The van der Waals surface area contributed by atoms with Crippen LogP contribution in [-0.4, -0.2) is 42.9 Å². The fourth-order valence-electron chi connectivity index (χ4n) is 2.68. The van der Waals surface area contributed by atoms with Gasteiger partial charge < -0.3 is 20.1 Å². The van der Waals surface area contributed by atoms with Crippen LogP contribution in [0.1, 0.15) is 46.0 Å². The first-order valence-electron chi connectivity index (χ1n) is 7.41. The normalized spacial score (nSPS) is 24.9. The number of amides is 2. The third-order valence-electron chi connectivity index (χ3n) is 3.65. The van der Waals surface area contributed by atoms with Crippen molar-refractivity contribution in [1.82, 2.24) is 10.6 Å². The van der Waals surface area contributed by atoms with Crippen LogP contribution in [0.25, 0.3) is 0 Å². The molecule has 2 rings (SSSR count). The second kappa shape index (κ2) is 6.54. The minimum atomic E-state index is -0.619. The lowest BCUT2D eigenvalue weighted by Crippen LogP contribution is -2.45. The van der Waals surface area contributed by atoms with Gasteiger partial charge in [-0.25, -0.2) is 0 Å². The maximum absolute atomic E-state index is 11.6. The highest BCUT2D eigenvalue weighted by molar-refractivity contribution is 6.35. The summed E-state index contributed by atoms with van der Waals surface area (Å²) in [5, 5.41) is 5.15. The Morgan fingerprint density at radius 2 is 1.90 bits per heavy atom. The van der Waals surface area contributed by atoms with Crippen molar-refractivity contribution in [3.05, 3.63) is 0 Å². The molecule has 0 aromatic heterocycles. The highest BCUT2D eigenvalue weighted by Gasteiger charge is 2.42. The summed E-state index contributed by atoms with van der Waals surface area (Å²) in [6, 6.07) is -0.0511. The predicted molar refractivity (Wildman–Crippen MR) is 72.9 cm³/mol. The van der Waals surface area contributed by atoms with Gasteiger partial charge in [-0.15, -0.1) is 0 Å². The molecule has 1 atom stereocenters. The number of hydrogen-bond donors (Lipinski definition) is 2. The van der Waals surface area contributed by atoms with Gasteiger partial charge in [0.2, 0.25) is 0 Å². The maximum atomic E-state index is 11.6. The molecule has 6 heteroatoms. The second-order valence-electron chi connectivity index (χ2n) is 5.86. The average Bonchev–Trinajstić information content (AvgIpc) is 2.79. The molecule has 0 aromatic rings. The van der Waals surface area contributed by atoms with Gasteiger partial charge in [0.25, 0.3) is 0 Å². The van der Waals surface area contributed by atoms with E-state index in [1.807, 2.05) is 13.8 Å². The van der Waals surface area contributed by atoms with Crippen LogP contribution >= 0.6 is 0 Å². The van der Waals surface area contributed by atoms with E-state index >= 15 is 0 Å². The summed E-state index contributed by atoms with van der Waals surface area (Å²) in [6.07, 6.45) is 5.15. The van der Waals surface area contributed by atoms with E-state index in [1.165, 1.54) is 6.42 Å². The molecule has 0 aromatic carbocycles. The van der Waals surface area contributed by atoms with Crippen molar-refractivity contribution in [2.24, 2.45) is 0 Å². The van der Waals surface area contributed by atoms with Crippen LogP contribution < -0.4 is 10.6 Å². The van der Waals surface area contributed by atoms with Crippen LogP contribution in [0, 0.1) is 0 Å². The van der Waals surface area contributed by atoms with Crippen LogP contribution in [0.3, 0.4) is 0 Å². The smallest absolute Gasteiger partial charge is 0.309 e. The lowest BCUT2D eigenvalue weighted by molar-refractivity contribution is -0.186. The summed E-state index contributed by atoms with van der Waals surface area (Å²) < 4.78 is 11.7. The van der Waals surface area contributed by atoms with Gasteiger partial charge in [-0.1, -0.05) is 6.42 Å². The van der Waals surface area contributed by atoms with E-state index in [-0.39, 0.29) is 12.1 Å². The summed E-state index contributed by atoms with van der Waals surface area (Å²) in [7, 11) is 0. The predicted octanol–water partition coefficient (Wildman–Crippen LogP) is 0.703. The van der Waals surface area contributed by atoms with E-state index in [1.54, 1.807) is 0 Å². The summed E-state index contributed by atoms with van der Waals surface area (Å²) in [4.78, 5) is 23.0. The Morgan fingerprint density at radius 1 is 1.20 bits per heavy atom. The standard InChI is InChI=1S/C14H24N2O4/c1-10(2)16-13(18)12(17)15-8-11-9-19-14(20-11)6-4-3-5-7-14/h10-11H,3-9H2,1-2H3,(H,15,17)(H,16,18)/t11-/m1/s1. The van der Waals surface area contributed by atoms with Crippen molar-refractivity contribution in [3.63, 3.8) is 0 Å². The summed E-state index contributed by atoms with van der Waals surface area (Å²) >= 11 is 0. The van der Waals surface area contributed by atoms with Crippen molar-refractivity contribution in [2.75, 3.05) is 13.2 Å². The largest absolute Gasteiger partial charge is 0.347 e. The first kappa shape index (κ1) is 15.3. The lowest BCUT2D eigenvalue weighted by atomic mass is 9.94. The van der Waals surface area contributed by atoms with E-state index in [0.29, 0.717) is 13.2 Å². The molecule has 20 heavy (non-hydrogen) atoms. The molecule has 0 unspecified atom stereocenters. The van der Waals surface area contributed by atoms with Crippen molar-refractivity contribution < 1.29 is 19.1 Å². The molecule has 114 valence electrons. The molecule has 2 aliphatic rings. The van der Waals surface area contributed by atoms with Crippen LogP contribution in [0.15, 0.2) is 0 Å². The highest BCUT2D eigenvalue weighted by atomic mass is 16.7. The molecule has 2 N–H and O–H groups in total. The van der Waals surface area contributed by atoms with Gasteiger partial charge in [-0.05, 0) is 26.7 Å². The first-order valence-corrected chi connectivity index (χ1v) is 7.41. The van der Waals surface area contributed by atoms with Gasteiger partial charge >= 0.3 is 11.8 Å². The number of ether oxygens (including phenoxy) is 2. The minimum Gasteiger partial charge on any atom is -0.347 e. The van der Waals surface area contributed by atoms with Crippen molar-refractivity contribution in [3.8, 4) is 0 Å². The Labute approximate surface area is 119 Å². The summed E-state index contributed by atoms with van der Waals surface area (Å²) in [5.41, 5.74) is 0. The fraction of sp³-hybridized carbons (Fsp3) is 0.857. The number of hydrogen-bond acceptors (Lipinski definition) is 4. The Bertz CT molecular complexity index is 364. The molecule has 1 spiro atoms. The molecule has 1 saturated heterocycles. The zero-order chi connectivity index (χ0) is 14.6. The second-order valence-corrected chi connectivity index (χ2v) is 5.86. The van der Waals surface area contributed by atoms with Gasteiger partial charge in [0, 0.05) is 25.4 Å². The number of carbonyl (C=O) groups is 2. The molecule has 0 bridgehead atoms.